The molecule has 0 fully saturated rings. The first-order valence-electron chi connectivity index (χ1n) is 10.2. The van der Waals surface area contributed by atoms with E-state index in [2.05, 4.69) is 10.3 Å². The molecule has 4 rings (SSSR count). The highest BCUT2D eigenvalue weighted by Gasteiger charge is 2.17. The highest BCUT2D eigenvalue weighted by atomic mass is 16.2. The van der Waals surface area contributed by atoms with E-state index in [9.17, 15) is 14.4 Å². The van der Waals surface area contributed by atoms with Crippen LogP contribution < -0.4 is 15.8 Å². The van der Waals surface area contributed by atoms with Crippen LogP contribution in [-0.4, -0.2) is 28.4 Å². The number of amides is 2. The van der Waals surface area contributed by atoms with Gasteiger partial charge in [0.25, 0.3) is 5.56 Å². The molecule has 7 heteroatoms. The Morgan fingerprint density at radius 1 is 1.10 bits per heavy atom. The van der Waals surface area contributed by atoms with Crippen LogP contribution in [0.3, 0.4) is 0 Å². The standard InChI is InChI=1S/C23H24N4O3/c1-26(17-8-4-2-5-9-17)22(29)15-21(28)24-16-11-12-19-18(14-16)23(30)27-13-7-3-6-10-20(27)25-19/h2,4-5,8-9,11-12,14H,3,6-7,10,13,15H2,1H3,(H,24,28). The summed E-state index contributed by atoms with van der Waals surface area (Å²) < 4.78 is 1.75. The van der Waals surface area contributed by atoms with Gasteiger partial charge >= 0.3 is 0 Å². The number of rotatable bonds is 4. The van der Waals surface area contributed by atoms with E-state index in [1.165, 1.54) is 4.90 Å². The van der Waals surface area contributed by atoms with Crippen molar-refractivity contribution in [1.29, 1.82) is 0 Å². The minimum Gasteiger partial charge on any atom is -0.326 e. The Bertz CT molecular complexity index is 1150. The fourth-order valence-corrected chi connectivity index (χ4v) is 3.75. The predicted molar refractivity (Wildman–Crippen MR) is 117 cm³/mol. The van der Waals surface area contributed by atoms with Crippen LogP contribution in [0.5, 0.6) is 0 Å². The zero-order chi connectivity index (χ0) is 21.1. The van der Waals surface area contributed by atoms with Gasteiger partial charge in [0.1, 0.15) is 12.2 Å². The third-order valence-electron chi connectivity index (χ3n) is 5.43. The zero-order valence-electron chi connectivity index (χ0n) is 16.9. The molecule has 0 saturated heterocycles. The lowest BCUT2D eigenvalue weighted by molar-refractivity contribution is -0.125. The number of para-hydroxylation sites is 1. The van der Waals surface area contributed by atoms with Crippen molar-refractivity contribution in [3.05, 3.63) is 64.7 Å². The summed E-state index contributed by atoms with van der Waals surface area (Å²) in [4.78, 5) is 43.8. The minimum absolute atomic E-state index is 0.0760. The molecule has 0 atom stereocenters. The molecule has 0 unspecified atom stereocenters. The molecular formula is C23H24N4O3. The summed E-state index contributed by atoms with van der Waals surface area (Å²) in [5, 5.41) is 3.21. The summed E-state index contributed by atoms with van der Waals surface area (Å²) in [5.74, 6) is 0.0906. The van der Waals surface area contributed by atoms with Gasteiger partial charge in [-0.15, -0.1) is 0 Å². The molecule has 0 spiro atoms. The second kappa shape index (κ2) is 8.49. The van der Waals surface area contributed by atoms with E-state index in [0.29, 0.717) is 23.1 Å². The number of benzene rings is 2. The van der Waals surface area contributed by atoms with Gasteiger partial charge in [0.2, 0.25) is 11.8 Å². The average Bonchev–Trinajstić information content (AvgIpc) is 3.00. The monoisotopic (exact) mass is 404 g/mol. The van der Waals surface area contributed by atoms with Crippen molar-refractivity contribution in [2.75, 3.05) is 17.3 Å². The lowest BCUT2D eigenvalue weighted by atomic mass is 10.2. The normalized spacial score (nSPS) is 13.4. The topological polar surface area (TPSA) is 84.3 Å². The molecule has 0 saturated carbocycles. The van der Waals surface area contributed by atoms with Crippen LogP contribution in [-0.2, 0) is 22.6 Å². The van der Waals surface area contributed by atoms with Gasteiger partial charge in [-0.05, 0) is 43.2 Å². The molecule has 30 heavy (non-hydrogen) atoms. The number of hydrogen-bond acceptors (Lipinski definition) is 4. The van der Waals surface area contributed by atoms with E-state index in [-0.39, 0.29) is 17.9 Å². The second-order valence-electron chi connectivity index (χ2n) is 7.54. The van der Waals surface area contributed by atoms with Crippen LogP contribution in [0.1, 0.15) is 31.5 Å². The maximum absolute atomic E-state index is 12.9. The Morgan fingerprint density at radius 2 is 1.90 bits per heavy atom. The molecule has 0 aliphatic carbocycles. The van der Waals surface area contributed by atoms with E-state index in [4.69, 9.17) is 0 Å². The Labute approximate surface area is 174 Å². The summed E-state index contributed by atoms with van der Waals surface area (Å²) in [6.07, 6.45) is 3.61. The Kier molecular flexibility index (Phi) is 5.61. The molecule has 0 bridgehead atoms. The van der Waals surface area contributed by atoms with Crippen molar-refractivity contribution in [2.24, 2.45) is 0 Å². The van der Waals surface area contributed by atoms with Crippen LogP contribution in [0.2, 0.25) is 0 Å². The molecule has 7 nitrogen and oxygen atoms in total. The third-order valence-corrected chi connectivity index (χ3v) is 5.43. The van der Waals surface area contributed by atoms with Crippen molar-refractivity contribution in [1.82, 2.24) is 9.55 Å². The van der Waals surface area contributed by atoms with Gasteiger partial charge in [-0.1, -0.05) is 24.6 Å². The summed E-state index contributed by atoms with van der Waals surface area (Å²) in [5.41, 5.74) is 1.76. The van der Waals surface area contributed by atoms with Crippen LogP contribution in [0.4, 0.5) is 11.4 Å². The predicted octanol–water partition coefficient (Wildman–Crippen LogP) is 3.11. The summed E-state index contributed by atoms with van der Waals surface area (Å²) in [7, 11) is 1.64. The first kappa shape index (κ1) is 19.8. The molecule has 1 aromatic heterocycles. The van der Waals surface area contributed by atoms with E-state index in [1.807, 2.05) is 30.3 Å². The number of hydrogen-bond donors (Lipinski definition) is 1. The van der Waals surface area contributed by atoms with Crippen LogP contribution >= 0.6 is 0 Å². The van der Waals surface area contributed by atoms with Crippen LogP contribution in [0.25, 0.3) is 10.9 Å². The Morgan fingerprint density at radius 3 is 2.70 bits per heavy atom. The molecular weight excluding hydrogens is 380 g/mol. The number of nitrogens with zero attached hydrogens (tertiary/aromatic N) is 3. The smallest absolute Gasteiger partial charge is 0.261 e. The van der Waals surface area contributed by atoms with Crippen molar-refractivity contribution in [3.63, 3.8) is 0 Å². The molecule has 154 valence electrons. The third kappa shape index (κ3) is 4.10. The van der Waals surface area contributed by atoms with Crippen molar-refractivity contribution in [2.45, 2.75) is 38.6 Å². The first-order chi connectivity index (χ1) is 14.5. The summed E-state index contributed by atoms with van der Waals surface area (Å²) >= 11 is 0. The number of aromatic nitrogens is 2. The molecule has 3 aromatic rings. The van der Waals surface area contributed by atoms with E-state index in [1.54, 1.807) is 29.8 Å². The Balaban J connectivity index is 1.51. The average molecular weight is 404 g/mol. The van der Waals surface area contributed by atoms with E-state index in [0.717, 1.165) is 37.2 Å². The molecule has 0 radical (unpaired) electrons. The highest BCUT2D eigenvalue weighted by molar-refractivity contribution is 6.09. The lowest BCUT2D eigenvalue weighted by Gasteiger charge is -2.17. The van der Waals surface area contributed by atoms with Crippen molar-refractivity contribution in [3.8, 4) is 0 Å². The van der Waals surface area contributed by atoms with Gasteiger partial charge in [0.15, 0.2) is 0 Å². The second-order valence-corrected chi connectivity index (χ2v) is 7.54. The minimum atomic E-state index is -0.426. The fourth-order valence-electron chi connectivity index (χ4n) is 3.75. The summed E-state index contributed by atoms with van der Waals surface area (Å²) in [6, 6.07) is 14.3. The molecule has 2 aromatic carbocycles. The molecule has 2 heterocycles. The quantitative estimate of drug-likeness (QED) is 0.677. The molecule has 1 aliphatic rings. The SMILES string of the molecule is CN(C(=O)CC(=O)Nc1ccc2nc3n(c(=O)c2c1)CCCCC3)c1ccccc1. The van der Waals surface area contributed by atoms with E-state index >= 15 is 0 Å². The van der Waals surface area contributed by atoms with Gasteiger partial charge in [-0.2, -0.15) is 0 Å². The summed E-state index contributed by atoms with van der Waals surface area (Å²) in [6.45, 7) is 0.675. The van der Waals surface area contributed by atoms with E-state index < -0.39 is 5.91 Å². The van der Waals surface area contributed by atoms with Gasteiger partial charge in [-0.3, -0.25) is 19.0 Å². The fraction of sp³-hybridized carbons (Fsp3) is 0.304. The number of aryl methyl sites for hydroxylation is 1. The zero-order valence-corrected chi connectivity index (χ0v) is 16.9. The molecule has 1 aliphatic heterocycles. The van der Waals surface area contributed by atoms with Gasteiger partial charge in [-0.25, -0.2) is 4.98 Å². The molecule has 1 N–H and O–H groups in total. The van der Waals surface area contributed by atoms with Gasteiger partial charge in [0.05, 0.1) is 10.9 Å². The lowest BCUT2D eigenvalue weighted by Crippen LogP contribution is -2.30. The Hall–Kier alpha value is -3.48. The maximum atomic E-state index is 12.9. The molecule has 2 amide bonds. The van der Waals surface area contributed by atoms with Gasteiger partial charge < -0.3 is 10.2 Å². The number of carbonyl (C=O) groups excluding carboxylic acids is 2. The number of anilines is 2. The van der Waals surface area contributed by atoms with Crippen LogP contribution in [0.15, 0.2) is 53.3 Å². The number of nitrogens with one attached hydrogen (secondary N) is 1. The maximum Gasteiger partial charge on any atom is 0.261 e. The number of carbonyl (C=O) groups is 2. The highest BCUT2D eigenvalue weighted by Crippen LogP contribution is 2.19. The number of fused-ring (bicyclic) bond motifs is 2. The first-order valence-corrected chi connectivity index (χ1v) is 10.2. The van der Waals surface area contributed by atoms with Crippen molar-refractivity contribution >= 4 is 34.1 Å². The largest absolute Gasteiger partial charge is 0.326 e. The van der Waals surface area contributed by atoms with Crippen LogP contribution in [0, 0.1) is 0 Å². The van der Waals surface area contributed by atoms with Crippen molar-refractivity contribution < 1.29 is 9.59 Å². The van der Waals surface area contributed by atoms with Gasteiger partial charge in [0, 0.05) is 31.4 Å².